The van der Waals surface area contributed by atoms with Crippen molar-refractivity contribution in [3.05, 3.63) is 0 Å². The van der Waals surface area contributed by atoms with Gasteiger partial charge in [-0.05, 0) is 26.1 Å². The molecule has 0 aliphatic heterocycles. The van der Waals surface area contributed by atoms with Crippen molar-refractivity contribution in [2.45, 2.75) is 58.3 Å². The maximum atomic E-state index is 11.4. The Morgan fingerprint density at radius 3 is 2.44 bits per heavy atom. The predicted molar refractivity (Wildman–Crippen MR) is 73.9 cm³/mol. The summed E-state index contributed by atoms with van der Waals surface area (Å²) in [5, 5.41) is 20.3. The Kier molecular flexibility index (Phi) is 8.23. The minimum absolute atomic E-state index is 0.0000671. The molecule has 5 N–H and O–H groups in total. The summed E-state index contributed by atoms with van der Waals surface area (Å²) < 4.78 is 0. The molecule has 1 amide bonds. The van der Waals surface area contributed by atoms with Crippen LogP contribution in [0, 0.1) is 5.92 Å². The van der Waals surface area contributed by atoms with E-state index in [9.17, 15) is 4.79 Å². The molecule has 1 atom stereocenters. The Labute approximate surface area is 110 Å². The van der Waals surface area contributed by atoms with Gasteiger partial charge in [0.25, 0.3) is 0 Å². The minimum Gasteiger partial charge on any atom is -0.427 e. The zero-order valence-corrected chi connectivity index (χ0v) is 11.8. The first-order chi connectivity index (χ1) is 8.24. The first-order valence-corrected chi connectivity index (χ1v) is 6.67. The van der Waals surface area contributed by atoms with Crippen molar-refractivity contribution in [3.63, 3.8) is 0 Å². The second-order valence-electron chi connectivity index (χ2n) is 5.58. The number of carbonyl (C=O) groups excluding carboxylic acids is 1. The van der Waals surface area contributed by atoms with Crippen LogP contribution in [-0.4, -0.2) is 35.2 Å². The number of rotatable bonds is 9. The molecule has 18 heavy (non-hydrogen) atoms. The lowest BCUT2D eigenvalue weighted by Gasteiger charge is -2.25. The second-order valence-corrected chi connectivity index (χ2v) is 5.58. The van der Waals surface area contributed by atoms with E-state index < -0.39 is 7.12 Å². The van der Waals surface area contributed by atoms with Crippen LogP contribution in [0.15, 0.2) is 0 Å². The van der Waals surface area contributed by atoms with Crippen LogP contribution < -0.4 is 11.1 Å². The molecule has 0 heterocycles. The number of carbonyl (C=O) groups is 1. The van der Waals surface area contributed by atoms with E-state index in [2.05, 4.69) is 5.32 Å². The number of nitrogens with two attached hydrogens (primary N) is 1. The fourth-order valence-electron chi connectivity index (χ4n) is 1.66. The van der Waals surface area contributed by atoms with Crippen molar-refractivity contribution in [1.82, 2.24) is 5.32 Å². The van der Waals surface area contributed by atoms with Gasteiger partial charge in [-0.3, -0.25) is 4.79 Å². The average Bonchev–Trinajstić information content (AvgIpc) is 2.23. The van der Waals surface area contributed by atoms with Crippen LogP contribution >= 0.6 is 0 Å². The highest BCUT2D eigenvalue weighted by molar-refractivity contribution is 6.40. The van der Waals surface area contributed by atoms with E-state index in [0.29, 0.717) is 12.9 Å². The summed E-state index contributed by atoms with van der Waals surface area (Å²) in [6, 6.07) is 0. The van der Waals surface area contributed by atoms with Crippen molar-refractivity contribution in [2.24, 2.45) is 11.7 Å². The van der Waals surface area contributed by atoms with E-state index >= 15 is 0 Å². The molecule has 5 nitrogen and oxygen atoms in total. The monoisotopic (exact) mass is 258 g/mol. The van der Waals surface area contributed by atoms with Crippen molar-refractivity contribution >= 4 is 13.0 Å². The summed E-state index contributed by atoms with van der Waals surface area (Å²) in [7, 11) is -1.22. The maximum absolute atomic E-state index is 11.4. The second kappa shape index (κ2) is 8.51. The quantitative estimate of drug-likeness (QED) is 0.358. The Morgan fingerprint density at radius 2 is 1.94 bits per heavy atom. The zero-order chi connectivity index (χ0) is 14.2. The molecule has 0 aliphatic rings. The van der Waals surface area contributed by atoms with E-state index in [-0.39, 0.29) is 17.4 Å². The SMILES string of the molecule is CC(C)C(=O)NCCC(C)(N)CCCCB(O)O. The number of unbranched alkanes of at least 4 members (excludes halogenated alkanes) is 1. The molecule has 1 unspecified atom stereocenters. The minimum atomic E-state index is -1.22. The molecule has 106 valence electrons. The fourth-order valence-corrected chi connectivity index (χ4v) is 1.66. The van der Waals surface area contributed by atoms with Crippen LogP contribution in [-0.2, 0) is 4.79 Å². The predicted octanol–water partition coefficient (Wildman–Crippen LogP) is 0.509. The highest BCUT2D eigenvalue weighted by atomic mass is 16.4. The maximum Gasteiger partial charge on any atom is 0.451 e. The van der Waals surface area contributed by atoms with Gasteiger partial charge in [0.2, 0.25) is 5.91 Å². The van der Waals surface area contributed by atoms with Crippen molar-refractivity contribution in [1.29, 1.82) is 0 Å². The molecule has 0 saturated carbocycles. The van der Waals surface area contributed by atoms with Crippen molar-refractivity contribution in [2.75, 3.05) is 6.54 Å². The first kappa shape index (κ1) is 17.4. The van der Waals surface area contributed by atoms with E-state index in [1.807, 2.05) is 20.8 Å². The largest absolute Gasteiger partial charge is 0.451 e. The number of nitrogens with one attached hydrogen (secondary N) is 1. The van der Waals surface area contributed by atoms with Crippen LogP contribution in [0.2, 0.25) is 6.32 Å². The van der Waals surface area contributed by atoms with E-state index in [0.717, 1.165) is 25.7 Å². The first-order valence-electron chi connectivity index (χ1n) is 6.67. The number of hydrogen-bond donors (Lipinski definition) is 4. The van der Waals surface area contributed by atoms with Gasteiger partial charge in [0.15, 0.2) is 0 Å². The van der Waals surface area contributed by atoms with Crippen LogP contribution in [0.1, 0.15) is 46.5 Å². The molecule has 6 heteroatoms. The Morgan fingerprint density at radius 1 is 1.33 bits per heavy atom. The van der Waals surface area contributed by atoms with Gasteiger partial charge in [-0.1, -0.05) is 26.7 Å². The van der Waals surface area contributed by atoms with Gasteiger partial charge in [-0.25, -0.2) is 0 Å². The molecule has 0 aromatic heterocycles. The molecule has 0 saturated heterocycles. The van der Waals surface area contributed by atoms with Gasteiger partial charge in [0.1, 0.15) is 0 Å². The summed E-state index contributed by atoms with van der Waals surface area (Å²) in [5.74, 6) is 0.0503. The molecule has 0 fully saturated rings. The van der Waals surface area contributed by atoms with Gasteiger partial charge < -0.3 is 21.1 Å². The fraction of sp³-hybridized carbons (Fsp3) is 0.917. The van der Waals surface area contributed by atoms with Gasteiger partial charge >= 0.3 is 7.12 Å². The van der Waals surface area contributed by atoms with E-state index in [1.54, 1.807) is 0 Å². The summed E-state index contributed by atoms with van der Waals surface area (Å²) >= 11 is 0. The van der Waals surface area contributed by atoms with Crippen LogP contribution in [0.25, 0.3) is 0 Å². The van der Waals surface area contributed by atoms with Crippen molar-refractivity contribution < 1.29 is 14.8 Å². The Hall–Kier alpha value is -0.585. The number of amides is 1. The summed E-state index contributed by atoms with van der Waals surface area (Å²) in [4.78, 5) is 11.4. The third-order valence-corrected chi connectivity index (χ3v) is 2.98. The van der Waals surface area contributed by atoms with Crippen LogP contribution in [0.4, 0.5) is 0 Å². The van der Waals surface area contributed by atoms with Gasteiger partial charge in [0, 0.05) is 18.0 Å². The van der Waals surface area contributed by atoms with E-state index in [1.165, 1.54) is 0 Å². The smallest absolute Gasteiger partial charge is 0.427 e. The van der Waals surface area contributed by atoms with Gasteiger partial charge in [-0.15, -0.1) is 0 Å². The summed E-state index contributed by atoms with van der Waals surface area (Å²) in [5.41, 5.74) is 5.80. The molecule has 0 rings (SSSR count). The third kappa shape index (κ3) is 9.45. The number of hydrogen-bond acceptors (Lipinski definition) is 4. The topological polar surface area (TPSA) is 95.6 Å². The lowest BCUT2D eigenvalue weighted by Crippen LogP contribution is -2.41. The highest BCUT2D eigenvalue weighted by Crippen LogP contribution is 2.15. The molecule has 0 aromatic rings. The molecule has 0 bridgehead atoms. The average molecular weight is 258 g/mol. The molecule has 0 spiro atoms. The normalized spacial score (nSPS) is 14.4. The summed E-state index contributed by atoms with van der Waals surface area (Å²) in [6.45, 7) is 6.27. The van der Waals surface area contributed by atoms with E-state index in [4.69, 9.17) is 15.8 Å². The third-order valence-electron chi connectivity index (χ3n) is 2.98. The molecule has 0 aromatic carbocycles. The molecule has 0 aliphatic carbocycles. The Balaban J connectivity index is 3.70. The lowest BCUT2D eigenvalue weighted by molar-refractivity contribution is -0.124. The summed E-state index contributed by atoms with van der Waals surface area (Å²) in [6.07, 6.45) is 3.55. The van der Waals surface area contributed by atoms with Crippen molar-refractivity contribution in [3.8, 4) is 0 Å². The Bertz CT molecular complexity index is 245. The van der Waals surface area contributed by atoms with Crippen LogP contribution in [0.5, 0.6) is 0 Å². The highest BCUT2D eigenvalue weighted by Gasteiger charge is 2.18. The van der Waals surface area contributed by atoms with Crippen LogP contribution in [0.3, 0.4) is 0 Å². The van der Waals surface area contributed by atoms with Gasteiger partial charge in [0.05, 0.1) is 0 Å². The molecular weight excluding hydrogens is 231 g/mol. The molecular formula is C12H27BN2O3. The lowest BCUT2D eigenvalue weighted by atomic mass is 9.82. The zero-order valence-electron chi connectivity index (χ0n) is 11.8. The molecule has 0 radical (unpaired) electrons. The standard InChI is InChI=1S/C12H27BN2O3/c1-10(2)11(16)15-9-7-12(3,14)6-4-5-8-13(17)18/h10,17-18H,4-9,14H2,1-3H3,(H,15,16). The van der Waals surface area contributed by atoms with Gasteiger partial charge in [-0.2, -0.15) is 0 Å².